The number of carbonyl (C=O) groups is 1. The highest BCUT2D eigenvalue weighted by molar-refractivity contribution is 5.71. The molecule has 0 fully saturated rings. The first kappa shape index (κ1) is 11.1. The van der Waals surface area contributed by atoms with Gasteiger partial charge in [-0.1, -0.05) is 12.1 Å². The molecule has 2 aromatic rings. The number of hydrogen-bond donors (Lipinski definition) is 2. The van der Waals surface area contributed by atoms with E-state index < -0.39 is 12.0 Å². The first-order valence-electron chi connectivity index (χ1n) is 4.89. The van der Waals surface area contributed by atoms with Crippen molar-refractivity contribution >= 4 is 5.97 Å². The fourth-order valence-electron chi connectivity index (χ4n) is 1.25. The summed E-state index contributed by atoms with van der Waals surface area (Å²) in [4.78, 5) is 11.7. The van der Waals surface area contributed by atoms with E-state index in [0.717, 1.165) is 4.80 Å². The normalized spacial score (nSPS) is 12.3. The molecule has 0 aliphatic rings. The SMILES string of the molecule is CC(C(=O)O)n1nnc(-c2cccc(O)c2)n1. The largest absolute Gasteiger partial charge is 0.508 e. The van der Waals surface area contributed by atoms with E-state index in [9.17, 15) is 9.90 Å². The zero-order valence-corrected chi connectivity index (χ0v) is 8.98. The van der Waals surface area contributed by atoms with Gasteiger partial charge in [-0.15, -0.1) is 15.0 Å². The third-order valence-corrected chi connectivity index (χ3v) is 2.24. The molecule has 0 spiro atoms. The van der Waals surface area contributed by atoms with E-state index in [0.29, 0.717) is 5.56 Å². The number of aliphatic carboxylic acids is 1. The Bertz CT molecular complexity index is 552. The summed E-state index contributed by atoms with van der Waals surface area (Å²) in [6.07, 6.45) is 0. The second-order valence-electron chi connectivity index (χ2n) is 3.50. The molecule has 1 atom stereocenters. The topological polar surface area (TPSA) is 101 Å². The Hall–Kier alpha value is -2.44. The van der Waals surface area contributed by atoms with Gasteiger partial charge in [-0.3, -0.25) is 0 Å². The molecule has 0 saturated heterocycles. The Morgan fingerprint density at radius 2 is 2.24 bits per heavy atom. The Labute approximate surface area is 96.3 Å². The van der Waals surface area contributed by atoms with Crippen LogP contribution in [0.1, 0.15) is 13.0 Å². The molecule has 0 aliphatic carbocycles. The monoisotopic (exact) mass is 234 g/mol. The van der Waals surface area contributed by atoms with Crippen LogP contribution in [0.4, 0.5) is 0 Å². The first-order chi connectivity index (χ1) is 8.08. The molecule has 1 aromatic heterocycles. The number of hydrogen-bond acceptors (Lipinski definition) is 5. The van der Waals surface area contributed by atoms with E-state index in [1.807, 2.05) is 0 Å². The van der Waals surface area contributed by atoms with Crippen LogP contribution in [-0.2, 0) is 4.79 Å². The number of tetrazole rings is 1. The average molecular weight is 234 g/mol. The minimum atomic E-state index is -1.04. The summed E-state index contributed by atoms with van der Waals surface area (Å²) in [5, 5.41) is 29.4. The number of benzene rings is 1. The number of nitrogens with zero attached hydrogens (tertiary/aromatic N) is 4. The third-order valence-electron chi connectivity index (χ3n) is 2.24. The third kappa shape index (κ3) is 2.22. The van der Waals surface area contributed by atoms with E-state index in [2.05, 4.69) is 15.4 Å². The van der Waals surface area contributed by atoms with Crippen LogP contribution in [0.2, 0.25) is 0 Å². The Kier molecular flexibility index (Phi) is 2.73. The Morgan fingerprint density at radius 1 is 1.47 bits per heavy atom. The van der Waals surface area contributed by atoms with E-state index >= 15 is 0 Å². The van der Waals surface area contributed by atoms with Crippen molar-refractivity contribution in [1.29, 1.82) is 0 Å². The van der Waals surface area contributed by atoms with Crippen LogP contribution in [0.3, 0.4) is 0 Å². The van der Waals surface area contributed by atoms with Gasteiger partial charge in [0.2, 0.25) is 5.82 Å². The predicted octanol–water partition coefficient (Wildman–Crippen LogP) is 0.691. The molecule has 2 rings (SSSR count). The van der Waals surface area contributed by atoms with Gasteiger partial charge in [0.05, 0.1) is 0 Å². The van der Waals surface area contributed by atoms with Crippen LogP contribution in [-0.4, -0.2) is 36.4 Å². The van der Waals surface area contributed by atoms with E-state index in [-0.39, 0.29) is 11.6 Å². The van der Waals surface area contributed by atoms with E-state index in [4.69, 9.17) is 5.11 Å². The summed E-state index contributed by atoms with van der Waals surface area (Å²) in [6, 6.07) is 5.47. The zero-order valence-electron chi connectivity index (χ0n) is 8.98. The molecule has 7 heteroatoms. The van der Waals surface area contributed by atoms with Crippen molar-refractivity contribution in [2.24, 2.45) is 0 Å². The maximum absolute atomic E-state index is 10.7. The quantitative estimate of drug-likeness (QED) is 0.810. The fraction of sp³-hybridized carbons (Fsp3) is 0.200. The number of phenols is 1. The maximum Gasteiger partial charge on any atom is 0.330 e. The van der Waals surface area contributed by atoms with E-state index in [1.165, 1.54) is 19.1 Å². The van der Waals surface area contributed by atoms with Crippen LogP contribution in [0, 0.1) is 0 Å². The number of carboxylic acid groups (broad SMARTS) is 1. The minimum absolute atomic E-state index is 0.0881. The van der Waals surface area contributed by atoms with Crippen molar-refractivity contribution in [1.82, 2.24) is 20.2 Å². The minimum Gasteiger partial charge on any atom is -0.508 e. The van der Waals surface area contributed by atoms with Crippen LogP contribution >= 0.6 is 0 Å². The number of phenolic OH excluding ortho intramolecular Hbond substituents is 1. The van der Waals surface area contributed by atoms with Crippen LogP contribution in [0.25, 0.3) is 11.4 Å². The van der Waals surface area contributed by atoms with Gasteiger partial charge in [0.1, 0.15) is 5.75 Å². The lowest BCUT2D eigenvalue weighted by atomic mass is 10.2. The molecule has 0 saturated carbocycles. The lowest BCUT2D eigenvalue weighted by Gasteiger charge is -2.01. The molecule has 0 radical (unpaired) electrons. The fourth-order valence-corrected chi connectivity index (χ4v) is 1.25. The Morgan fingerprint density at radius 3 is 2.88 bits per heavy atom. The lowest BCUT2D eigenvalue weighted by molar-refractivity contribution is -0.141. The summed E-state index contributed by atoms with van der Waals surface area (Å²) < 4.78 is 0. The summed E-state index contributed by atoms with van der Waals surface area (Å²) in [6.45, 7) is 1.45. The van der Waals surface area contributed by atoms with Crippen LogP contribution in [0.15, 0.2) is 24.3 Å². The summed E-state index contributed by atoms with van der Waals surface area (Å²) >= 11 is 0. The van der Waals surface area contributed by atoms with Gasteiger partial charge in [-0.2, -0.15) is 0 Å². The highest BCUT2D eigenvalue weighted by Crippen LogP contribution is 2.19. The van der Waals surface area contributed by atoms with Gasteiger partial charge in [-0.05, 0) is 24.3 Å². The van der Waals surface area contributed by atoms with Crippen molar-refractivity contribution in [2.75, 3.05) is 0 Å². The van der Waals surface area contributed by atoms with Gasteiger partial charge >= 0.3 is 5.97 Å². The van der Waals surface area contributed by atoms with Gasteiger partial charge in [0.25, 0.3) is 0 Å². The molecule has 0 aliphatic heterocycles. The van der Waals surface area contributed by atoms with Crippen molar-refractivity contribution in [3.63, 3.8) is 0 Å². The van der Waals surface area contributed by atoms with Gasteiger partial charge in [0, 0.05) is 5.56 Å². The zero-order chi connectivity index (χ0) is 12.4. The molecule has 7 nitrogen and oxygen atoms in total. The predicted molar refractivity (Wildman–Crippen MR) is 57.3 cm³/mol. The molecular weight excluding hydrogens is 224 g/mol. The smallest absolute Gasteiger partial charge is 0.330 e. The number of aromatic hydroxyl groups is 1. The number of aromatic nitrogens is 4. The lowest BCUT2D eigenvalue weighted by Crippen LogP contribution is -2.18. The highest BCUT2D eigenvalue weighted by atomic mass is 16.4. The number of rotatable bonds is 3. The van der Waals surface area contributed by atoms with Crippen LogP contribution < -0.4 is 0 Å². The van der Waals surface area contributed by atoms with Crippen molar-refractivity contribution in [2.45, 2.75) is 13.0 Å². The second kappa shape index (κ2) is 4.20. The molecule has 1 aromatic carbocycles. The molecule has 2 N–H and O–H groups in total. The average Bonchev–Trinajstić information content (AvgIpc) is 2.77. The van der Waals surface area contributed by atoms with Crippen molar-refractivity contribution < 1.29 is 15.0 Å². The maximum atomic E-state index is 10.7. The molecule has 17 heavy (non-hydrogen) atoms. The van der Waals surface area contributed by atoms with Crippen LogP contribution in [0.5, 0.6) is 5.75 Å². The summed E-state index contributed by atoms with van der Waals surface area (Å²) in [5.74, 6) is -0.677. The second-order valence-corrected chi connectivity index (χ2v) is 3.50. The van der Waals surface area contributed by atoms with Crippen molar-refractivity contribution in [3.8, 4) is 17.1 Å². The van der Waals surface area contributed by atoms with Crippen molar-refractivity contribution in [3.05, 3.63) is 24.3 Å². The first-order valence-corrected chi connectivity index (χ1v) is 4.89. The standard InChI is InChI=1S/C10H10N4O3/c1-6(10(16)17)14-12-9(11-13-14)7-3-2-4-8(15)5-7/h2-6,15H,1H3,(H,16,17). The van der Waals surface area contributed by atoms with E-state index in [1.54, 1.807) is 12.1 Å². The highest BCUT2D eigenvalue weighted by Gasteiger charge is 2.17. The molecule has 1 heterocycles. The molecule has 0 amide bonds. The van der Waals surface area contributed by atoms with Gasteiger partial charge in [0.15, 0.2) is 6.04 Å². The summed E-state index contributed by atoms with van der Waals surface area (Å²) in [5.41, 5.74) is 0.578. The van der Waals surface area contributed by atoms with Gasteiger partial charge < -0.3 is 10.2 Å². The number of carboxylic acids is 1. The van der Waals surface area contributed by atoms with Gasteiger partial charge in [-0.25, -0.2) is 4.79 Å². The molecule has 0 bridgehead atoms. The summed E-state index contributed by atoms with van der Waals surface area (Å²) in [7, 11) is 0. The molecule has 1 unspecified atom stereocenters. The Balaban J connectivity index is 2.33. The molecule has 88 valence electrons. The molecular formula is C10H10N4O3.